The van der Waals surface area contributed by atoms with E-state index in [2.05, 4.69) is 35.1 Å². The van der Waals surface area contributed by atoms with Gasteiger partial charge in [-0.2, -0.15) is 0 Å². The monoisotopic (exact) mass is 746 g/mol. The summed E-state index contributed by atoms with van der Waals surface area (Å²) in [6.07, 6.45) is -0.361. The van der Waals surface area contributed by atoms with Gasteiger partial charge in [0.1, 0.15) is 30.8 Å². The van der Waals surface area contributed by atoms with Crippen LogP contribution in [0.1, 0.15) is 74.7 Å². The number of ether oxygens (including phenoxy) is 4. The van der Waals surface area contributed by atoms with E-state index in [1.807, 2.05) is 27.7 Å². The lowest BCUT2D eigenvalue weighted by molar-refractivity contribution is -0.141. The maximum atomic E-state index is 12.9. The molecule has 52 heavy (non-hydrogen) atoms. The van der Waals surface area contributed by atoms with Crippen molar-refractivity contribution in [2.75, 3.05) is 59.3 Å². The largest absolute Gasteiger partial charge is 0.387 e. The molecule has 2 aliphatic heterocycles. The molecule has 8 unspecified atom stereocenters. The first-order chi connectivity index (χ1) is 24.6. The van der Waals surface area contributed by atoms with Crippen molar-refractivity contribution < 1.29 is 53.1 Å². The molecule has 0 radical (unpaired) electrons. The fourth-order valence-electron chi connectivity index (χ4n) is 5.60. The summed E-state index contributed by atoms with van der Waals surface area (Å²) in [7, 11) is 0. The second-order valence-corrected chi connectivity index (χ2v) is 13.9. The molecular weight excluding hydrogens is 680 g/mol. The van der Waals surface area contributed by atoms with Gasteiger partial charge in [-0.3, -0.25) is 24.0 Å². The third-order valence-corrected chi connectivity index (χ3v) is 8.55. The van der Waals surface area contributed by atoms with E-state index in [1.165, 1.54) is 25.2 Å². The Morgan fingerprint density at radius 1 is 0.846 bits per heavy atom. The van der Waals surface area contributed by atoms with Crippen molar-refractivity contribution in [1.29, 1.82) is 0 Å². The Bertz CT molecular complexity index is 1100. The van der Waals surface area contributed by atoms with Gasteiger partial charge in [0.2, 0.25) is 29.5 Å². The number of rotatable bonds is 21. The van der Waals surface area contributed by atoms with Crippen LogP contribution in [0.25, 0.3) is 0 Å². The van der Waals surface area contributed by atoms with Crippen LogP contribution in [-0.2, 0) is 42.9 Å². The SMILES string of the molecule is CC(NC(=O)C(C)NC(=O)C1CCCN1C(=O)C(N)C(C)C)C(=O)NCCOCCOCCNC(=O)COCC1OC(O)C(O)C1C(C)C.CCC. The Hall–Kier alpha value is -2.93. The zero-order valence-corrected chi connectivity index (χ0v) is 32.4. The van der Waals surface area contributed by atoms with Gasteiger partial charge in [-0.25, -0.2) is 0 Å². The second-order valence-electron chi connectivity index (χ2n) is 13.9. The maximum Gasteiger partial charge on any atom is 0.246 e. The van der Waals surface area contributed by atoms with Gasteiger partial charge in [-0.15, -0.1) is 0 Å². The first kappa shape index (κ1) is 47.1. The molecule has 2 saturated heterocycles. The molecule has 2 fully saturated rings. The number of hydrogen-bond donors (Lipinski definition) is 7. The topological polar surface area (TPSA) is 240 Å². The average molecular weight is 747 g/mol. The molecule has 17 heteroatoms. The lowest BCUT2D eigenvalue weighted by atomic mass is 9.87. The number of nitrogens with two attached hydrogens (primary N) is 1. The van der Waals surface area contributed by atoms with Crippen LogP contribution in [0.2, 0.25) is 0 Å². The summed E-state index contributed by atoms with van der Waals surface area (Å²) in [4.78, 5) is 64.1. The fraction of sp³-hybridized carbons (Fsp3) is 0.857. The van der Waals surface area contributed by atoms with Crippen LogP contribution in [-0.4, -0.2) is 147 Å². The van der Waals surface area contributed by atoms with Gasteiger partial charge in [0.15, 0.2) is 6.29 Å². The molecule has 5 amide bonds. The summed E-state index contributed by atoms with van der Waals surface area (Å²) in [6, 6.07) is -3.19. The van der Waals surface area contributed by atoms with Crippen molar-refractivity contribution in [3.63, 3.8) is 0 Å². The number of amides is 5. The fourth-order valence-corrected chi connectivity index (χ4v) is 5.60. The van der Waals surface area contributed by atoms with E-state index in [-0.39, 0.29) is 82.3 Å². The first-order valence-corrected chi connectivity index (χ1v) is 18.5. The summed E-state index contributed by atoms with van der Waals surface area (Å²) in [5, 5.41) is 30.3. The molecule has 0 saturated carbocycles. The Balaban J connectivity index is 0.00000434. The molecule has 2 rings (SSSR count). The zero-order valence-electron chi connectivity index (χ0n) is 32.4. The van der Waals surface area contributed by atoms with Crippen molar-refractivity contribution >= 4 is 29.5 Å². The van der Waals surface area contributed by atoms with Crippen LogP contribution in [0.3, 0.4) is 0 Å². The van der Waals surface area contributed by atoms with Crippen LogP contribution in [0.4, 0.5) is 0 Å². The van der Waals surface area contributed by atoms with Crippen molar-refractivity contribution in [2.45, 2.75) is 117 Å². The smallest absolute Gasteiger partial charge is 0.246 e. The van der Waals surface area contributed by atoms with Gasteiger partial charge < -0.3 is 61.1 Å². The van der Waals surface area contributed by atoms with Gasteiger partial charge >= 0.3 is 0 Å². The number of likely N-dealkylation sites (tertiary alicyclic amines) is 1. The van der Waals surface area contributed by atoms with Crippen LogP contribution in [0, 0.1) is 17.8 Å². The third-order valence-electron chi connectivity index (χ3n) is 8.55. The Labute approximate surface area is 308 Å². The van der Waals surface area contributed by atoms with Gasteiger partial charge in [0.05, 0.1) is 45.2 Å². The normalized spacial score (nSPS) is 23.0. The summed E-state index contributed by atoms with van der Waals surface area (Å²) in [5.41, 5.74) is 6.00. The molecule has 8 N–H and O–H groups in total. The molecule has 0 aromatic carbocycles. The van der Waals surface area contributed by atoms with Gasteiger partial charge in [-0.05, 0) is 38.5 Å². The highest BCUT2D eigenvalue weighted by molar-refractivity contribution is 5.94. The molecule has 0 aromatic rings. The Kier molecular flexibility index (Phi) is 22.8. The van der Waals surface area contributed by atoms with E-state index in [1.54, 1.807) is 0 Å². The van der Waals surface area contributed by atoms with Crippen molar-refractivity contribution in [1.82, 2.24) is 26.2 Å². The number of aliphatic hydroxyl groups excluding tert-OH is 2. The minimum Gasteiger partial charge on any atom is -0.387 e. The minimum absolute atomic E-state index is 0.0698. The van der Waals surface area contributed by atoms with Crippen LogP contribution >= 0.6 is 0 Å². The predicted octanol–water partition coefficient (Wildman–Crippen LogP) is -0.981. The highest BCUT2D eigenvalue weighted by atomic mass is 16.6. The summed E-state index contributed by atoms with van der Waals surface area (Å²) in [5.74, 6) is -2.31. The molecule has 2 heterocycles. The Morgan fingerprint density at radius 2 is 1.42 bits per heavy atom. The first-order valence-electron chi connectivity index (χ1n) is 18.5. The van der Waals surface area contributed by atoms with Crippen LogP contribution < -0.4 is 27.0 Å². The molecule has 0 aliphatic carbocycles. The van der Waals surface area contributed by atoms with E-state index in [0.717, 1.165) is 0 Å². The van der Waals surface area contributed by atoms with Crippen molar-refractivity contribution in [2.24, 2.45) is 23.5 Å². The number of aliphatic hydroxyl groups is 2. The molecule has 8 atom stereocenters. The maximum absolute atomic E-state index is 12.9. The summed E-state index contributed by atoms with van der Waals surface area (Å²) in [6.45, 7) is 16.6. The second kappa shape index (κ2) is 25.2. The Morgan fingerprint density at radius 3 is 2.00 bits per heavy atom. The standard InChI is InChI=1S/C32H58N6O11.C3H8/c1-18(2)25-23(49-32(45)27(25)40)16-48-17-24(39)34-9-12-46-14-15-47-13-10-35-28(41)20(5)36-29(42)21(6)37-30(43)22-8-7-11-38(22)31(44)26(33)19(3)4;1-3-2/h18-23,25-27,32,40,45H,7-17,33H2,1-6H3,(H,34,39)(H,35,41)(H,36,42)(H,37,43);3H2,1-2H3. The molecular formula is C35H66N6O11. The van der Waals surface area contributed by atoms with E-state index in [4.69, 9.17) is 24.7 Å². The number of carbonyl (C=O) groups is 5. The lowest BCUT2D eigenvalue weighted by Gasteiger charge is -2.29. The van der Waals surface area contributed by atoms with E-state index >= 15 is 0 Å². The third kappa shape index (κ3) is 16.4. The lowest BCUT2D eigenvalue weighted by Crippen LogP contribution is -2.56. The average Bonchev–Trinajstić information content (AvgIpc) is 3.69. The minimum atomic E-state index is -1.26. The van der Waals surface area contributed by atoms with E-state index in [0.29, 0.717) is 19.4 Å². The number of nitrogens with zero attached hydrogens (tertiary/aromatic N) is 1. The number of hydrogen-bond acceptors (Lipinski definition) is 12. The molecule has 0 bridgehead atoms. The molecule has 0 spiro atoms. The molecule has 0 aromatic heterocycles. The highest BCUT2D eigenvalue weighted by Gasteiger charge is 2.44. The zero-order chi connectivity index (χ0) is 39.4. The van der Waals surface area contributed by atoms with E-state index in [9.17, 15) is 34.2 Å². The molecule has 17 nitrogen and oxygen atoms in total. The number of carbonyl (C=O) groups excluding carboxylic acids is 5. The van der Waals surface area contributed by atoms with E-state index < -0.39 is 60.4 Å². The molecule has 2 aliphatic rings. The van der Waals surface area contributed by atoms with Crippen LogP contribution in [0.15, 0.2) is 0 Å². The van der Waals surface area contributed by atoms with Crippen molar-refractivity contribution in [3.05, 3.63) is 0 Å². The number of nitrogens with one attached hydrogen (secondary N) is 4. The highest BCUT2D eigenvalue weighted by Crippen LogP contribution is 2.32. The molecule has 302 valence electrons. The van der Waals surface area contributed by atoms with Crippen LogP contribution in [0.5, 0.6) is 0 Å². The van der Waals surface area contributed by atoms with Crippen molar-refractivity contribution in [3.8, 4) is 0 Å². The van der Waals surface area contributed by atoms with Gasteiger partial charge in [0, 0.05) is 25.6 Å². The summed E-state index contributed by atoms with van der Waals surface area (Å²) < 4.78 is 21.6. The quantitative estimate of drug-likeness (QED) is 0.0702. The summed E-state index contributed by atoms with van der Waals surface area (Å²) >= 11 is 0. The van der Waals surface area contributed by atoms with Gasteiger partial charge in [0.25, 0.3) is 0 Å². The predicted molar refractivity (Wildman–Crippen MR) is 192 cm³/mol. The van der Waals surface area contributed by atoms with Gasteiger partial charge in [-0.1, -0.05) is 48.0 Å².